The van der Waals surface area contributed by atoms with E-state index in [1.54, 1.807) is 6.08 Å². The molecular formula is C65H49N3. The van der Waals surface area contributed by atoms with E-state index in [9.17, 15) is 0 Å². The van der Waals surface area contributed by atoms with Crippen molar-refractivity contribution >= 4 is 28.5 Å². The van der Waals surface area contributed by atoms with Crippen molar-refractivity contribution in [1.82, 2.24) is 0 Å². The summed E-state index contributed by atoms with van der Waals surface area (Å²) in [5.41, 5.74) is 28.0. The van der Waals surface area contributed by atoms with Gasteiger partial charge in [0.2, 0.25) is 0 Å². The van der Waals surface area contributed by atoms with E-state index in [1.165, 1.54) is 50.3 Å². The highest BCUT2D eigenvalue weighted by Crippen LogP contribution is 2.63. The summed E-state index contributed by atoms with van der Waals surface area (Å²) in [6.07, 6.45) is 1.75. The smallest absolute Gasteiger partial charge is 0.0754 e. The zero-order valence-corrected chi connectivity index (χ0v) is 37.9. The van der Waals surface area contributed by atoms with Crippen LogP contribution < -0.4 is 10.6 Å². The van der Waals surface area contributed by atoms with Crippen LogP contribution in [0.2, 0.25) is 0 Å². The van der Waals surface area contributed by atoms with E-state index in [0.29, 0.717) is 11.4 Å². The minimum Gasteiger partial charge on any atom is -0.398 e. The third-order valence-electron chi connectivity index (χ3n) is 13.4. The maximum atomic E-state index is 9.02. The Hall–Kier alpha value is -8.79. The van der Waals surface area contributed by atoms with Crippen molar-refractivity contribution in [3.63, 3.8) is 0 Å². The average molecular weight is 872 g/mol. The van der Waals surface area contributed by atoms with Gasteiger partial charge in [-0.15, -0.1) is 0 Å². The van der Waals surface area contributed by atoms with Crippen molar-refractivity contribution in [2.24, 2.45) is 5.73 Å². The summed E-state index contributed by atoms with van der Waals surface area (Å²) in [7, 11) is 0. The fourth-order valence-corrected chi connectivity index (χ4v) is 10.2. The quantitative estimate of drug-likeness (QED) is 0.157. The first kappa shape index (κ1) is 41.9. The highest BCUT2D eigenvalue weighted by Gasteiger charge is 2.51. The van der Waals surface area contributed by atoms with Crippen molar-refractivity contribution in [2.45, 2.75) is 12.3 Å². The van der Waals surface area contributed by atoms with Crippen LogP contribution in [-0.2, 0) is 5.41 Å². The number of hydrogen-bond donors (Lipinski definition) is 2. The molecule has 1 aliphatic carbocycles. The van der Waals surface area contributed by atoms with Gasteiger partial charge in [0.1, 0.15) is 0 Å². The molecule has 0 saturated carbocycles. The van der Waals surface area contributed by atoms with Crippen LogP contribution in [0, 0.1) is 12.3 Å². The van der Waals surface area contributed by atoms with Crippen LogP contribution >= 0.6 is 0 Å². The Morgan fingerprint density at radius 2 is 0.868 bits per heavy atom. The number of rotatable bonds is 7. The van der Waals surface area contributed by atoms with E-state index in [2.05, 4.69) is 206 Å². The Bertz CT molecular complexity index is 3430. The average Bonchev–Trinajstić information content (AvgIpc) is 3.69. The molecule has 1 heterocycles. The van der Waals surface area contributed by atoms with E-state index in [4.69, 9.17) is 11.1 Å². The second-order valence-corrected chi connectivity index (χ2v) is 17.5. The molecule has 68 heavy (non-hydrogen) atoms. The number of anilines is 3. The lowest BCUT2D eigenvalue weighted by Gasteiger charge is -2.45. The summed E-state index contributed by atoms with van der Waals surface area (Å²) in [4.78, 5) is 2.42. The number of nitrogens with two attached hydrogens (primary N) is 1. The molecule has 0 unspecified atom stereocenters. The van der Waals surface area contributed by atoms with Gasteiger partial charge in [0.25, 0.3) is 0 Å². The molecule has 0 saturated heterocycles. The van der Waals surface area contributed by atoms with Crippen molar-refractivity contribution in [1.29, 1.82) is 5.41 Å². The fraction of sp³-hybridized carbons (Fsp3) is 0.0308. The maximum Gasteiger partial charge on any atom is 0.0754 e. The number of nitrogens with zero attached hydrogens (tertiary/aromatic N) is 1. The fourth-order valence-electron chi connectivity index (χ4n) is 10.2. The molecule has 2 aliphatic rings. The normalized spacial score (nSPS) is 12.8. The molecule has 3 N–H and O–H groups in total. The summed E-state index contributed by atoms with van der Waals surface area (Å²) in [6, 6.07) is 90.3. The predicted molar refractivity (Wildman–Crippen MR) is 285 cm³/mol. The lowest BCUT2D eigenvalue weighted by atomic mass is 9.64. The van der Waals surface area contributed by atoms with Crippen molar-refractivity contribution in [3.05, 3.63) is 300 Å². The highest BCUT2D eigenvalue weighted by molar-refractivity contribution is 6.10. The van der Waals surface area contributed by atoms with E-state index in [0.717, 1.165) is 50.2 Å². The minimum absolute atomic E-state index is 0.367. The molecule has 0 aromatic heterocycles. The van der Waals surface area contributed by atoms with Gasteiger partial charge < -0.3 is 16.0 Å². The number of benzene rings is 10. The first-order valence-electron chi connectivity index (χ1n) is 23.2. The molecule has 3 heteroatoms. The number of hydrogen-bond acceptors (Lipinski definition) is 3. The second kappa shape index (κ2) is 17.9. The van der Waals surface area contributed by atoms with Gasteiger partial charge in [0.15, 0.2) is 0 Å². The molecule has 10 aromatic carbocycles. The van der Waals surface area contributed by atoms with Crippen LogP contribution in [-0.4, -0.2) is 5.71 Å². The van der Waals surface area contributed by atoms with Crippen LogP contribution in [0.1, 0.15) is 38.9 Å². The lowest BCUT2D eigenvalue weighted by molar-refractivity contribution is 0.753. The van der Waals surface area contributed by atoms with Gasteiger partial charge in [-0.1, -0.05) is 218 Å². The van der Waals surface area contributed by atoms with Crippen molar-refractivity contribution in [3.8, 4) is 44.5 Å². The Labute approximate surface area is 399 Å². The van der Waals surface area contributed by atoms with Gasteiger partial charge in [0, 0.05) is 16.9 Å². The first-order chi connectivity index (χ1) is 33.5. The van der Waals surface area contributed by atoms with Crippen LogP contribution in [0.3, 0.4) is 0 Å². The van der Waals surface area contributed by atoms with E-state index in [1.807, 2.05) is 60.7 Å². The number of allylic oxidation sites excluding steroid dienone is 1. The van der Waals surface area contributed by atoms with Crippen LogP contribution in [0.4, 0.5) is 17.1 Å². The number of nitrogens with one attached hydrogen (secondary N) is 1. The Morgan fingerprint density at radius 3 is 1.50 bits per heavy atom. The second-order valence-electron chi connectivity index (χ2n) is 17.5. The highest BCUT2D eigenvalue weighted by atomic mass is 15.2. The molecule has 324 valence electrons. The molecule has 0 amide bonds. The Morgan fingerprint density at radius 1 is 0.397 bits per heavy atom. The summed E-state index contributed by atoms with van der Waals surface area (Å²) in [5.74, 6) is 0. The Kier molecular flexibility index (Phi) is 11.0. The molecule has 1 spiro atoms. The molecule has 1 aliphatic heterocycles. The van der Waals surface area contributed by atoms with Crippen LogP contribution in [0.5, 0.6) is 0 Å². The van der Waals surface area contributed by atoms with Crippen LogP contribution in [0.25, 0.3) is 50.2 Å². The van der Waals surface area contributed by atoms with E-state index >= 15 is 0 Å². The zero-order chi connectivity index (χ0) is 46.0. The van der Waals surface area contributed by atoms with Crippen LogP contribution in [0.15, 0.2) is 261 Å². The summed E-state index contributed by atoms with van der Waals surface area (Å²) in [5, 5.41) is 9.02. The topological polar surface area (TPSA) is 53.1 Å². The number of fused-ring (bicyclic) bond motifs is 9. The van der Waals surface area contributed by atoms with Gasteiger partial charge in [-0.2, -0.15) is 0 Å². The van der Waals surface area contributed by atoms with Gasteiger partial charge >= 0.3 is 0 Å². The SMILES string of the molecule is Cc1ccccc1.N=C(/C=C(\N)c1ccc(-c2ccccc2)cc1)c1cccc(-c2cccc(-c3ccc4c(c3)-c3ccccc3C43c4ccccc4N(c4ccccc4)c4ccccc43)c2)c1. The number of aryl methyl sites for hydroxylation is 1. The van der Waals surface area contributed by atoms with Gasteiger partial charge in [-0.05, 0) is 128 Å². The Balaban J connectivity index is 0.000000667. The van der Waals surface area contributed by atoms with Crippen molar-refractivity contribution in [2.75, 3.05) is 4.90 Å². The maximum absolute atomic E-state index is 9.02. The predicted octanol–water partition coefficient (Wildman–Crippen LogP) is 16.2. The van der Waals surface area contributed by atoms with Gasteiger partial charge in [-0.3, -0.25) is 0 Å². The molecule has 0 fully saturated rings. The minimum atomic E-state index is -0.487. The molecule has 0 radical (unpaired) electrons. The van der Waals surface area contributed by atoms with Crippen molar-refractivity contribution < 1.29 is 0 Å². The monoisotopic (exact) mass is 871 g/mol. The lowest BCUT2D eigenvalue weighted by Crippen LogP contribution is -2.36. The summed E-state index contributed by atoms with van der Waals surface area (Å²) in [6.45, 7) is 2.08. The largest absolute Gasteiger partial charge is 0.398 e. The number of para-hydroxylation sites is 3. The van der Waals surface area contributed by atoms with E-state index in [-0.39, 0.29) is 0 Å². The molecule has 12 rings (SSSR count). The standard InChI is InChI=1S/C58H41N3.C7H8/c59-54(41-31-29-40(30-32-41)39-15-3-1-4-16-39)38-55(60)46-20-14-19-44(36-46)42-17-13-18-43(35-42)45-33-34-51-49(37-45)48-23-7-8-24-50(48)58(51)52-25-9-11-27-56(52)61(47-21-5-2-6-22-47)57-28-12-10-26-53(57)58;1-7-5-3-2-4-6-7/h1-38,60H,59H2;2-6H,1H3/b54-38-,60-55?;. The summed E-state index contributed by atoms with van der Waals surface area (Å²) >= 11 is 0. The molecular weight excluding hydrogens is 823 g/mol. The van der Waals surface area contributed by atoms with Gasteiger partial charge in [-0.25, -0.2) is 0 Å². The van der Waals surface area contributed by atoms with Gasteiger partial charge in [0.05, 0.1) is 22.5 Å². The van der Waals surface area contributed by atoms with E-state index < -0.39 is 5.41 Å². The molecule has 3 nitrogen and oxygen atoms in total. The third kappa shape index (κ3) is 7.50. The molecule has 0 bridgehead atoms. The zero-order valence-electron chi connectivity index (χ0n) is 37.9. The third-order valence-corrected chi connectivity index (χ3v) is 13.4. The summed E-state index contributed by atoms with van der Waals surface area (Å²) < 4.78 is 0. The molecule has 0 atom stereocenters. The first-order valence-corrected chi connectivity index (χ1v) is 23.2. The molecule has 10 aromatic rings.